The van der Waals surface area contributed by atoms with E-state index in [4.69, 9.17) is 5.11 Å². The van der Waals surface area contributed by atoms with Gasteiger partial charge in [-0.1, -0.05) is 30.3 Å². The van der Waals surface area contributed by atoms with Crippen LogP contribution in [0.4, 0.5) is 0 Å². The molecule has 0 fully saturated rings. The van der Waals surface area contributed by atoms with Crippen LogP contribution < -0.4 is 5.32 Å². The molecule has 3 nitrogen and oxygen atoms in total. The fraction of sp³-hybridized carbons (Fsp3) is 0.417. The first-order valence-corrected chi connectivity index (χ1v) is 5.05. The van der Waals surface area contributed by atoms with Gasteiger partial charge in [-0.05, 0) is 32.4 Å². The van der Waals surface area contributed by atoms with Gasteiger partial charge >= 0.3 is 5.97 Å². The lowest BCUT2D eigenvalue weighted by Crippen LogP contribution is -2.47. The second-order valence-electron chi connectivity index (χ2n) is 3.87. The summed E-state index contributed by atoms with van der Waals surface area (Å²) in [4.78, 5) is 11.0. The minimum atomic E-state index is -0.837. The van der Waals surface area contributed by atoms with Crippen LogP contribution in [-0.2, 0) is 11.2 Å². The predicted molar refractivity (Wildman–Crippen MR) is 59.9 cm³/mol. The number of carbonyl (C=O) groups is 1. The molecule has 0 saturated carbocycles. The van der Waals surface area contributed by atoms with Crippen LogP contribution in [0.3, 0.4) is 0 Å². The number of rotatable bonds is 5. The van der Waals surface area contributed by atoms with Gasteiger partial charge in [0.15, 0.2) is 0 Å². The quantitative estimate of drug-likeness (QED) is 0.772. The number of nitrogens with one attached hydrogen (secondary N) is 1. The predicted octanol–water partition coefficient (Wildman–Crippen LogP) is 1.68. The Morgan fingerprint density at radius 2 is 2.00 bits per heavy atom. The van der Waals surface area contributed by atoms with Crippen molar-refractivity contribution < 1.29 is 9.90 Å². The summed E-state index contributed by atoms with van der Waals surface area (Å²) >= 11 is 0. The molecule has 1 aromatic rings. The highest BCUT2D eigenvalue weighted by molar-refractivity contribution is 5.78. The first-order valence-electron chi connectivity index (χ1n) is 5.05. The highest BCUT2D eigenvalue weighted by Crippen LogP contribution is 2.13. The Morgan fingerprint density at radius 3 is 2.47 bits per heavy atom. The largest absolute Gasteiger partial charge is 0.480 e. The zero-order chi connectivity index (χ0) is 11.3. The molecule has 15 heavy (non-hydrogen) atoms. The summed E-state index contributed by atoms with van der Waals surface area (Å²) < 4.78 is 0. The molecule has 0 aliphatic heterocycles. The summed E-state index contributed by atoms with van der Waals surface area (Å²) in [5.41, 5.74) is 0.329. The van der Waals surface area contributed by atoms with E-state index in [9.17, 15) is 4.79 Å². The van der Waals surface area contributed by atoms with Crippen molar-refractivity contribution in [3.63, 3.8) is 0 Å². The summed E-state index contributed by atoms with van der Waals surface area (Å²) in [5.74, 6) is -0.805. The van der Waals surface area contributed by atoms with E-state index in [1.807, 2.05) is 30.3 Å². The maximum atomic E-state index is 11.0. The molecular formula is C12H17NO2. The van der Waals surface area contributed by atoms with Gasteiger partial charge in [-0.2, -0.15) is 0 Å². The van der Waals surface area contributed by atoms with E-state index in [1.165, 1.54) is 5.56 Å². The SMILES string of the molecule is CNC(C)(CCc1ccccc1)C(=O)O. The van der Waals surface area contributed by atoms with Crippen LogP contribution in [0.5, 0.6) is 0 Å². The number of hydrogen-bond acceptors (Lipinski definition) is 2. The second-order valence-corrected chi connectivity index (χ2v) is 3.87. The highest BCUT2D eigenvalue weighted by Gasteiger charge is 2.30. The Labute approximate surface area is 90.1 Å². The summed E-state index contributed by atoms with van der Waals surface area (Å²) in [5, 5.41) is 11.9. The zero-order valence-electron chi connectivity index (χ0n) is 9.16. The Morgan fingerprint density at radius 1 is 1.40 bits per heavy atom. The number of likely N-dealkylation sites (N-methyl/N-ethyl adjacent to an activating group) is 1. The molecule has 0 aliphatic carbocycles. The van der Waals surface area contributed by atoms with Crippen molar-refractivity contribution in [2.24, 2.45) is 0 Å². The van der Waals surface area contributed by atoms with Crippen LogP contribution in [0.1, 0.15) is 18.9 Å². The summed E-state index contributed by atoms with van der Waals surface area (Å²) in [6.07, 6.45) is 1.35. The summed E-state index contributed by atoms with van der Waals surface area (Å²) in [6.45, 7) is 1.71. The molecule has 0 radical (unpaired) electrons. The van der Waals surface area contributed by atoms with E-state index in [2.05, 4.69) is 5.32 Å². The lowest BCUT2D eigenvalue weighted by atomic mass is 9.93. The van der Waals surface area contributed by atoms with Crippen LogP contribution in [0.25, 0.3) is 0 Å². The summed E-state index contributed by atoms with van der Waals surface area (Å²) in [6, 6.07) is 9.91. The number of carboxylic acids is 1. The van der Waals surface area contributed by atoms with Gasteiger partial charge in [0.25, 0.3) is 0 Å². The third-order valence-corrected chi connectivity index (χ3v) is 2.78. The lowest BCUT2D eigenvalue weighted by Gasteiger charge is -2.23. The molecular weight excluding hydrogens is 190 g/mol. The third-order valence-electron chi connectivity index (χ3n) is 2.78. The molecule has 0 spiro atoms. The van der Waals surface area contributed by atoms with Gasteiger partial charge in [0, 0.05) is 0 Å². The van der Waals surface area contributed by atoms with Crippen LogP contribution in [-0.4, -0.2) is 23.7 Å². The molecule has 0 aliphatic rings. The average Bonchev–Trinajstić information content (AvgIpc) is 2.27. The van der Waals surface area contributed by atoms with E-state index in [-0.39, 0.29) is 0 Å². The van der Waals surface area contributed by atoms with E-state index in [0.717, 1.165) is 6.42 Å². The number of aryl methyl sites for hydroxylation is 1. The number of benzene rings is 1. The molecule has 0 heterocycles. The van der Waals surface area contributed by atoms with Crippen molar-refractivity contribution in [2.75, 3.05) is 7.05 Å². The molecule has 0 bridgehead atoms. The summed E-state index contributed by atoms with van der Waals surface area (Å²) in [7, 11) is 1.68. The van der Waals surface area contributed by atoms with Gasteiger partial charge < -0.3 is 10.4 Å². The van der Waals surface area contributed by atoms with E-state index < -0.39 is 11.5 Å². The molecule has 82 valence electrons. The van der Waals surface area contributed by atoms with Gasteiger partial charge in [0.1, 0.15) is 5.54 Å². The number of aliphatic carboxylic acids is 1. The molecule has 1 unspecified atom stereocenters. The monoisotopic (exact) mass is 207 g/mol. The smallest absolute Gasteiger partial charge is 0.323 e. The van der Waals surface area contributed by atoms with E-state index >= 15 is 0 Å². The normalized spacial score (nSPS) is 14.5. The molecule has 1 rings (SSSR count). The topological polar surface area (TPSA) is 49.3 Å². The Bertz CT molecular complexity index is 324. The zero-order valence-corrected chi connectivity index (χ0v) is 9.16. The van der Waals surface area contributed by atoms with Crippen molar-refractivity contribution in [2.45, 2.75) is 25.3 Å². The maximum absolute atomic E-state index is 11.0. The van der Waals surface area contributed by atoms with Crippen LogP contribution in [0, 0.1) is 0 Å². The molecule has 1 aromatic carbocycles. The van der Waals surface area contributed by atoms with Gasteiger partial charge in [-0.3, -0.25) is 4.79 Å². The van der Waals surface area contributed by atoms with Gasteiger partial charge in [0.05, 0.1) is 0 Å². The van der Waals surface area contributed by atoms with Gasteiger partial charge in [-0.25, -0.2) is 0 Å². The van der Waals surface area contributed by atoms with E-state index in [0.29, 0.717) is 6.42 Å². The molecule has 1 atom stereocenters. The lowest BCUT2D eigenvalue weighted by molar-refractivity contribution is -0.144. The molecule has 3 heteroatoms. The number of carboxylic acid groups (broad SMARTS) is 1. The Hall–Kier alpha value is -1.35. The number of hydrogen-bond donors (Lipinski definition) is 2. The second kappa shape index (κ2) is 4.94. The van der Waals surface area contributed by atoms with Crippen molar-refractivity contribution in [3.05, 3.63) is 35.9 Å². The Kier molecular flexibility index (Phi) is 3.86. The molecule has 0 saturated heterocycles. The molecule has 2 N–H and O–H groups in total. The van der Waals surface area contributed by atoms with Gasteiger partial charge in [0.2, 0.25) is 0 Å². The fourth-order valence-electron chi connectivity index (χ4n) is 1.38. The average molecular weight is 207 g/mol. The van der Waals surface area contributed by atoms with Crippen LogP contribution in [0.2, 0.25) is 0 Å². The van der Waals surface area contributed by atoms with Crippen molar-refractivity contribution in [1.29, 1.82) is 0 Å². The van der Waals surface area contributed by atoms with E-state index in [1.54, 1.807) is 14.0 Å². The van der Waals surface area contributed by atoms with Gasteiger partial charge in [-0.15, -0.1) is 0 Å². The van der Waals surface area contributed by atoms with Crippen LogP contribution in [0.15, 0.2) is 30.3 Å². The molecule has 0 aromatic heterocycles. The fourth-order valence-corrected chi connectivity index (χ4v) is 1.38. The standard InChI is InChI=1S/C12H17NO2/c1-12(13-2,11(14)15)9-8-10-6-4-3-5-7-10/h3-7,13H,8-9H2,1-2H3,(H,14,15). The first-order chi connectivity index (χ1) is 7.08. The minimum Gasteiger partial charge on any atom is -0.480 e. The van der Waals surface area contributed by atoms with Crippen LogP contribution >= 0.6 is 0 Å². The molecule has 0 amide bonds. The third kappa shape index (κ3) is 3.06. The first kappa shape index (κ1) is 11.7. The van der Waals surface area contributed by atoms with Crippen molar-refractivity contribution >= 4 is 5.97 Å². The maximum Gasteiger partial charge on any atom is 0.323 e. The van der Waals surface area contributed by atoms with Crippen molar-refractivity contribution in [1.82, 2.24) is 5.32 Å². The minimum absolute atomic E-state index is 0.586. The highest BCUT2D eigenvalue weighted by atomic mass is 16.4. The van der Waals surface area contributed by atoms with Crippen molar-refractivity contribution in [3.8, 4) is 0 Å². The Balaban J connectivity index is 2.59.